The van der Waals surface area contributed by atoms with Crippen molar-refractivity contribution in [1.29, 1.82) is 0 Å². The van der Waals surface area contributed by atoms with E-state index in [2.05, 4.69) is 10.1 Å². The monoisotopic (exact) mass is 344 g/mol. The van der Waals surface area contributed by atoms with Crippen LogP contribution in [-0.4, -0.2) is 30.4 Å². The van der Waals surface area contributed by atoms with Gasteiger partial charge in [0, 0.05) is 24.5 Å². The maximum Gasteiger partial charge on any atom is 0.335 e. The summed E-state index contributed by atoms with van der Waals surface area (Å²) in [5, 5.41) is 13.4. The number of para-hydroxylation sites is 1. The van der Waals surface area contributed by atoms with Gasteiger partial charge < -0.3 is 5.11 Å². The van der Waals surface area contributed by atoms with Gasteiger partial charge in [-0.3, -0.25) is 9.25 Å². The predicted octanol–water partition coefficient (Wildman–Crippen LogP) is 3.63. The molecule has 4 aromatic rings. The molecule has 0 bridgehead atoms. The fourth-order valence-electron chi connectivity index (χ4n) is 2.89. The van der Waals surface area contributed by atoms with E-state index in [9.17, 15) is 9.90 Å². The van der Waals surface area contributed by atoms with Gasteiger partial charge in [-0.25, -0.2) is 9.78 Å². The van der Waals surface area contributed by atoms with E-state index < -0.39 is 5.97 Å². The Morgan fingerprint density at radius 1 is 1.12 bits per heavy atom. The Bertz CT molecular complexity index is 1120. The molecule has 2 aromatic heterocycles. The third-order valence-electron chi connectivity index (χ3n) is 4.09. The summed E-state index contributed by atoms with van der Waals surface area (Å²) < 4.78 is 3.74. The van der Waals surface area contributed by atoms with E-state index in [-0.39, 0.29) is 5.56 Å². The van der Waals surface area contributed by atoms with Gasteiger partial charge in [-0.15, -0.1) is 0 Å². The standard InChI is InChI=1S/C20H16N4O2/c1-23-13-14(12-21-23)7-10-19-22-17-11-15(20(25)26)8-9-18(17)24(19)16-5-3-2-4-6-16/h2-13H,1H3,(H,25,26)/b10-7+. The number of aryl methyl sites for hydroxylation is 1. The number of imidazole rings is 1. The van der Waals surface area contributed by atoms with Crippen molar-refractivity contribution in [2.75, 3.05) is 0 Å². The molecular formula is C20H16N4O2. The summed E-state index contributed by atoms with van der Waals surface area (Å²) in [6.45, 7) is 0. The van der Waals surface area contributed by atoms with Gasteiger partial charge in [0.1, 0.15) is 5.82 Å². The van der Waals surface area contributed by atoms with Crippen molar-refractivity contribution in [3.05, 3.63) is 77.9 Å². The van der Waals surface area contributed by atoms with Crippen LogP contribution in [0.2, 0.25) is 0 Å². The molecule has 0 radical (unpaired) electrons. The normalized spacial score (nSPS) is 11.4. The van der Waals surface area contributed by atoms with Crippen molar-refractivity contribution in [2.24, 2.45) is 7.05 Å². The summed E-state index contributed by atoms with van der Waals surface area (Å²) in [4.78, 5) is 15.9. The molecule has 0 saturated heterocycles. The molecule has 26 heavy (non-hydrogen) atoms. The van der Waals surface area contributed by atoms with Crippen LogP contribution < -0.4 is 0 Å². The van der Waals surface area contributed by atoms with Gasteiger partial charge in [-0.05, 0) is 42.5 Å². The van der Waals surface area contributed by atoms with E-state index in [4.69, 9.17) is 0 Å². The van der Waals surface area contributed by atoms with Crippen molar-refractivity contribution in [3.8, 4) is 5.69 Å². The number of carboxylic acids is 1. The first kappa shape index (κ1) is 15.8. The minimum atomic E-state index is -0.964. The van der Waals surface area contributed by atoms with Crippen LogP contribution >= 0.6 is 0 Å². The summed E-state index contributed by atoms with van der Waals surface area (Å²) in [5.74, 6) is -0.244. The molecule has 0 amide bonds. The van der Waals surface area contributed by atoms with Gasteiger partial charge in [0.25, 0.3) is 0 Å². The Hall–Kier alpha value is -3.67. The minimum absolute atomic E-state index is 0.220. The molecule has 128 valence electrons. The van der Waals surface area contributed by atoms with Crippen molar-refractivity contribution < 1.29 is 9.90 Å². The molecule has 6 heteroatoms. The number of hydrogen-bond donors (Lipinski definition) is 1. The highest BCUT2D eigenvalue weighted by molar-refractivity contribution is 5.93. The van der Waals surface area contributed by atoms with Crippen LogP contribution in [0.4, 0.5) is 0 Å². The van der Waals surface area contributed by atoms with Crippen LogP contribution in [0.15, 0.2) is 60.9 Å². The Morgan fingerprint density at radius 3 is 2.62 bits per heavy atom. The topological polar surface area (TPSA) is 72.9 Å². The first-order chi connectivity index (χ1) is 12.6. The Morgan fingerprint density at radius 2 is 1.92 bits per heavy atom. The highest BCUT2D eigenvalue weighted by atomic mass is 16.4. The molecule has 0 aliphatic carbocycles. The second-order valence-corrected chi connectivity index (χ2v) is 5.93. The van der Waals surface area contributed by atoms with Gasteiger partial charge in [-0.2, -0.15) is 5.10 Å². The highest BCUT2D eigenvalue weighted by Gasteiger charge is 2.13. The van der Waals surface area contributed by atoms with E-state index in [1.54, 1.807) is 29.1 Å². The van der Waals surface area contributed by atoms with Crippen LogP contribution in [0.1, 0.15) is 21.7 Å². The number of hydrogen-bond acceptors (Lipinski definition) is 3. The Labute approximate surface area is 149 Å². The zero-order chi connectivity index (χ0) is 18.1. The SMILES string of the molecule is Cn1cc(/C=C/c2nc3cc(C(=O)O)ccc3n2-c2ccccc2)cn1. The summed E-state index contributed by atoms with van der Waals surface area (Å²) in [6.07, 6.45) is 7.53. The molecular weight excluding hydrogens is 328 g/mol. The first-order valence-corrected chi connectivity index (χ1v) is 8.10. The number of benzene rings is 2. The van der Waals surface area contributed by atoms with Crippen molar-refractivity contribution >= 4 is 29.2 Å². The molecule has 0 aliphatic rings. The number of nitrogens with zero attached hydrogens (tertiary/aromatic N) is 4. The predicted molar refractivity (Wildman–Crippen MR) is 100 cm³/mol. The number of carboxylic acid groups (broad SMARTS) is 1. The molecule has 0 atom stereocenters. The number of fused-ring (bicyclic) bond motifs is 1. The summed E-state index contributed by atoms with van der Waals surface area (Å²) in [7, 11) is 1.87. The molecule has 2 aromatic carbocycles. The van der Waals surface area contributed by atoms with E-state index in [0.717, 1.165) is 22.6 Å². The zero-order valence-electron chi connectivity index (χ0n) is 14.1. The summed E-state index contributed by atoms with van der Waals surface area (Å²) in [6, 6.07) is 14.8. The third-order valence-corrected chi connectivity index (χ3v) is 4.09. The molecule has 0 spiro atoms. The zero-order valence-corrected chi connectivity index (χ0v) is 14.1. The molecule has 6 nitrogen and oxygen atoms in total. The average molecular weight is 344 g/mol. The summed E-state index contributed by atoms with van der Waals surface area (Å²) >= 11 is 0. The number of aromatic nitrogens is 4. The van der Waals surface area contributed by atoms with Gasteiger partial charge >= 0.3 is 5.97 Å². The first-order valence-electron chi connectivity index (χ1n) is 8.10. The maximum absolute atomic E-state index is 11.3. The van der Waals surface area contributed by atoms with Crippen molar-refractivity contribution in [2.45, 2.75) is 0 Å². The molecule has 2 heterocycles. The minimum Gasteiger partial charge on any atom is -0.478 e. The average Bonchev–Trinajstić information content (AvgIpc) is 3.22. The second kappa shape index (κ2) is 6.33. The van der Waals surface area contributed by atoms with Crippen LogP contribution in [-0.2, 0) is 7.05 Å². The van der Waals surface area contributed by atoms with Crippen molar-refractivity contribution in [1.82, 2.24) is 19.3 Å². The van der Waals surface area contributed by atoms with Gasteiger partial charge in [0.15, 0.2) is 0 Å². The quantitative estimate of drug-likeness (QED) is 0.613. The molecule has 0 fully saturated rings. The van der Waals surface area contributed by atoms with Crippen LogP contribution in [0.5, 0.6) is 0 Å². The Balaban J connectivity index is 1.89. The molecule has 0 unspecified atom stereocenters. The third kappa shape index (κ3) is 2.88. The highest BCUT2D eigenvalue weighted by Crippen LogP contribution is 2.24. The van der Waals surface area contributed by atoms with Crippen LogP contribution in [0.3, 0.4) is 0 Å². The lowest BCUT2D eigenvalue weighted by molar-refractivity contribution is 0.0697. The largest absolute Gasteiger partial charge is 0.478 e. The lowest BCUT2D eigenvalue weighted by Gasteiger charge is -2.07. The smallest absolute Gasteiger partial charge is 0.335 e. The van der Waals surface area contributed by atoms with E-state index in [1.807, 2.05) is 60.3 Å². The van der Waals surface area contributed by atoms with E-state index >= 15 is 0 Å². The fourth-order valence-corrected chi connectivity index (χ4v) is 2.89. The summed E-state index contributed by atoms with van der Waals surface area (Å²) in [5.41, 5.74) is 3.64. The number of rotatable bonds is 4. The number of carbonyl (C=O) groups is 1. The van der Waals surface area contributed by atoms with Crippen LogP contribution in [0, 0.1) is 0 Å². The van der Waals surface area contributed by atoms with E-state index in [1.165, 1.54) is 0 Å². The second-order valence-electron chi connectivity index (χ2n) is 5.93. The fraction of sp³-hybridized carbons (Fsp3) is 0.0500. The lowest BCUT2D eigenvalue weighted by Crippen LogP contribution is -1.98. The van der Waals surface area contributed by atoms with E-state index in [0.29, 0.717) is 5.52 Å². The molecule has 4 rings (SSSR count). The van der Waals surface area contributed by atoms with Gasteiger partial charge in [0.2, 0.25) is 0 Å². The maximum atomic E-state index is 11.3. The Kier molecular flexibility index (Phi) is 3.85. The van der Waals surface area contributed by atoms with Gasteiger partial charge in [-0.1, -0.05) is 18.2 Å². The molecule has 0 saturated carbocycles. The lowest BCUT2D eigenvalue weighted by atomic mass is 10.2. The van der Waals surface area contributed by atoms with Crippen molar-refractivity contribution in [3.63, 3.8) is 0 Å². The molecule has 1 N–H and O–H groups in total. The van der Waals surface area contributed by atoms with Crippen LogP contribution in [0.25, 0.3) is 28.9 Å². The molecule has 0 aliphatic heterocycles. The number of aromatic carboxylic acids is 1. The van der Waals surface area contributed by atoms with Gasteiger partial charge in [0.05, 0.1) is 22.8 Å².